The van der Waals surface area contributed by atoms with E-state index >= 15 is 0 Å². The normalized spacial score (nSPS) is 21.2. The van der Waals surface area contributed by atoms with Crippen LogP contribution in [0.3, 0.4) is 0 Å². The zero-order valence-corrected chi connectivity index (χ0v) is 16.9. The van der Waals surface area contributed by atoms with Gasteiger partial charge in [-0.2, -0.15) is 10.8 Å². The summed E-state index contributed by atoms with van der Waals surface area (Å²) in [5.74, 6) is 9.04. The monoisotopic (exact) mass is 396 g/mol. The molecule has 6 nitrogen and oxygen atoms in total. The van der Waals surface area contributed by atoms with Gasteiger partial charge in [-0.25, -0.2) is 0 Å². The molecule has 3 aliphatic rings. The van der Waals surface area contributed by atoms with E-state index in [0.717, 1.165) is 45.6 Å². The summed E-state index contributed by atoms with van der Waals surface area (Å²) in [5, 5.41) is 0. The second-order valence-corrected chi connectivity index (χ2v) is 7.52. The van der Waals surface area contributed by atoms with E-state index in [4.69, 9.17) is 15.6 Å². The Labute approximate surface area is 175 Å². The van der Waals surface area contributed by atoms with Crippen LogP contribution >= 0.6 is 0 Å². The number of rotatable bonds is 5. The molecule has 2 aromatic carbocycles. The SMILES string of the molecule is CN(C)c1cccc(Oc2ccc(C3=NC(C4=CC=C4)=C4C=NC=C[N+]34N)cc2)c1. The van der Waals surface area contributed by atoms with E-state index in [1.807, 2.05) is 92.0 Å². The summed E-state index contributed by atoms with van der Waals surface area (Å²) in [7, 11) is 4.01. The number of amidine groups is 1. The van der Waals surface area contributed by atoms with Gasteiger partial charge in [0.25, 0.3) is 5.84 Å². The van der Waals surface area contributed by atoms with Gasteiger partial charge in [-0.05, 0) is 36.4 Å². The topological polar surface area (TPSA) is 63.2 Å². The fraction of sp³-hybridized carbons (Fsp3) is 0.0833. The molecule has 5 rings (SSSR count). The Balaban J connectivity index is 1.43. The minimum absolute atomic E-state index is 0.00902. The molecule has 0 fully saturated rings. The highest BCUT2D eigenvalue weighted by molar-refractivity contribution is 6.01. The van der Waals surface area contributed by atoms with Crippen molar-refractivity contribution in [1.29, 1.82) is 0 Å². The molecule has 0 radical (unpaired) electrons. The molecule has 6 heteroatoms. The van der Waals surface area contributed by atoms with Crippen LogP contribution in [0.25, 0.3) is 0 Å². The van der Waals surface area contributed by atoms with E-state index in [1.54, 1.807) is 12.4 Å². The number of nitrogens with zero attached hydrogens (tertiary/aromatic N) is 4. The highest BCUT2D eigenvalue weighted by Crippen LogP contribution is 2.36. The van der Waals surface area contributed by atoms with E-state index in [-0.39, 0.29) is 4.59 Å². The van der Waals surface area contributed by atoms with Crippen LogP contribution in [0.4, 0.5) is 5.69 Å². The molecule has 148 valence electrons. The van der Waals surface area contributed by atoms with Crippen LogP contribution in [0, 0.1) is 0 Å². The third-order valence-corrected chi connectivity index (χ3v) is 5.30. The van der Waals surface area contributed by atoms with Gasteiger partial charge in [0.15, 0.2) is 0 Å². The number of benzene rings is 2. The lowest BCUT2D eigenvalue weighted by molar-refractivity contribution is -0.750. The number of hydrogen-bond acceptors (Lipinski definition) is 5. The molecule has 1 atom stereocenters. The minimum atomic E-state index is 0.00902. The van der Waals surface area contributed by atoms with E-state index in [2.05, 4.69) is 4.99 Å². The molecule has 0 saturated heterocycles. The molecule has 1 unspecified atom stereocenters. The molecule has 2 aromatic rings. The van der Waals surface area contributed by atoms with Gasteiger partial charge in [0.05, 0.1) is 18.0 Å². The Morgan fingerprint density at radius 3 is 2.53 bits per heavy atom. The highest BCUT2D eigenvalue weighted by atomic mass is 16.5. The van der Waals surface area contributed by atoms with Crippen LogP contribution in [-0.2, 0) is 0 Å². The van der Waals surface area contributed by atoms with Gasteiger partial charge >= 0.3 is 0 Å². The predicted octanol–water partition coefficient (Wildman–Crippen LogP) is 4.26. The van der Waals surface area contributed by atoms with Crippen molar-refractivity contribution >= 4 is 17.7 Å². The van der Waals surface area contributed by atoms with Crippen molar-refractivity contribution in [2.75, 3.05) is 19.0 Å². The molecular formula is C24H22N5O+. The second kappa shape index (κ2) is 6.95. The fourth-order valence-electron chi connectivity index (χ4n) is 3.57. The van der Waals surface area contributed by atoms with Crippen LogP contribution < -0.4 is 15.5 Å². The van der Waals surface area contributed by atoms with Gasteiger partial charge in [0.2, 0.25) is 5.70 Å². The molecule has 2 N–H and O–H groups in total. The van der Waals surface area contributed by atoms with E-state index in [1.165, 1.54) is 0 Å². The standard InChI is InChI=1S/C24H22N5O/c1-28(2)19-7-4-8-21(15-19)30-20-11-9-18(10-12-20)24-27-23(17-5-3-6-17)22-16-26-13-14-29(22,24)25/h3-16H,25H2,1-2H3/q+1. The summed E-state index contributed by atoms with van der Waals surface area (Å²) in [6, 6.07) is 15.8. The van der Waals surface area contributed by atoms with Crippen molar-refractivity contribution in [2.45, 2.75) is 0 Å². The van der Waals surface area contributed by atoms with Gasteiger partial charge < -0.3 is 9.64 Å². The van der Waals surface area contributed by atoms with Crippen molar-refractivity contribution < 1.29 is 9.33 Å². The average molecular weight is 396 g/mol. The van der Waals surface area contributed by atoms with Crippen LogP contribution in [0.1, 0.15) is 5.56 Å². The lowest BCUT2D eigenvalue weighted by Gasteiger charge is -2.26. The number of hydrogen-bond donors (Lipinski definition) is 1. The summed E-state index contributed by atoms with van der Waals surface area (Å²) < 4.78 is 6.05. The molecule has 1 aliphatic carbocycles. The number of allylic oxidation sites excluding steroid dienone is 4. The quantitative estimate of drug-likeness (QED) is 0.607. The van der Waals surface area contributed by atoms with Gasteiger partial charge in [-0.1, -0.05) is 24.3 Å². The minimum Gasteiger partial charge on any atom is -0.457 e. The first-order valence-electron chi connectivity index (χ1n) is 9.71. The number of ether oxygens (including phenoxy) is 1. The lowest BCUT2D eigenvalue weighted by atomic mass is 10.0. The highest BCUT2D eigenvalue weighted by Gasteiger charge is 2.44. The number of fused-ring (bicyclic) bond motifs is 1. The average Bonchev–Trinajstić information content (AvgIpc) is 3.00. The molecule has 0 spiro atoms. The maximum atomic E-state index is 6.74. The van der Waals surface area contributed by atoms with Gasteiger partial charge in [-0.15, -0.1) is 4.59 Å². The first kappa shape index (κ1) is 18.3. The van der Waals surface area contributed by atoms with Crippen molar-refractivity contribution in [2.24, 2.45) is 15.8 Å². The van der Waals surface area contributed by atoms with Crippen molar-refractivity contribution in [3.63, 3.8) is 0 Å². The Bertz CT molecular complexity index is 1200. The number of anilines is 1. The molecule has 2 aliphatic heterocycles. The van der Waals surface area contributed by atoms with E-state index < -0.39 is 0 Å². The maximum Gasteiger partial charge on any atom is 0.265 e. The number of nitrogens with two attached hydrogens (primary N) is 1. The molecule has 0 bridgehead atoms. The second-order valence-electron chi connectivity index (χ2n) is 7.52. The van der Waals surface area contributed by atoms with Crippen LogP contribution in [-0.4, -0.2) is 30.7 Å². The molecule has 0 amide bonds. The molecule has 0 saturated carbocycles. The predicted molar refractivity (Wildman–Crippen MR) is 120 cm³/mol. The molecular weight excluding hydrogens is 374 g/mol. The molecule has 30 heavy (non-hydrogen) atoms. The summed E-state index contributed by atoms with van der Waals surface area (Å²) >= 11 is 0. The Hall–Kier alpha value is -3.74. The first-order chi connectivity index (χ1) is 14.5. The third kappa shape index (κ3) is 2.99. The van der Waals surface area contributed by atoms with Crippen molar-refractivity contribution in [1.82, 2.24) is 0 Å². The summed E-state index contributed by atoms with van der Waals surface area (Å²) in [4.78, 5) is 11.2. The number of aliphatic imine (C=N–C) groups is 2. The fourth-order valence-corrected chi connectivity index (χ4v) is 3.57. The zero-order chi connectivity index (χ0) is 20.7. The van der Waals surface area contributed by atoms with E-state index in [0.29, 0.717) is 0 Å². The smallest absolute Gasteiger partial charge is 0.265 e. The first-order valence-corrected chi connectivity index (χ1v) is 9.71. The Morgan fingerprint density at radius 2 is 1.83 bits per heavy atom. The Morgan fingerprint density at radius 1 is 1.03 bits per heavy atom. The van der Waals surface area contributed by atoms with Gasteiger partial charge in [-0.3, -0.25) is 4.99 Å². The van der Waals surface area contributed by atoms with Crippen LogP contribution in [0.2, 0.25) is 0 Å². The third-order valence-electron chi connectivity index (χ3n) is 5.30. The van der Waals surface area contributed by atoms with Crippen LogP contribution in [0.15, 0.2) is 106 Å². The molecule has 2 heterocycles. The van der Waals surface area contributed by atoms with Gasteiger partial charge in [0, 0.05) is 31.4 Å². The zero-order valence-electron chi connectivity index (χ0n) is 16.9. The Kier molecular flexibility index (Phi) is 4.24. The van der Waals surface area contributed by atoms with Crippen LogP contribution in [0.5, 0.6) is 11.5 Å². The summed E-state index contributed by atoms with van der Waals surface area (Å²) in [6.45, 7) is 0. The number of quaternary nitrogens is 1. The molecule has 0 aromatic heterocycles. The summed E-state index contributed by atoms with van der Waals surface area (Å²) in [5.41, 5.74) is 4.81. The lowest BCUT2D eigenvalue weighted by Crippen LogP contribution is -2.53. The maximum absolute atomic E-state index is 6.74. The van der Waals surface area contributed by atoms with E-state index in [9.17, 15) is 0 Å². The van der Waals surface area contributed by atoms with Crippen molar-refractivity contribution in [3.8, 4) is 11.5 Å². The van der Waals surface area contributed by atoms with Gasteiger partial charge in [0.1, 0.15) is 23.4 Å². The van der Waals surface area contributed by atoms with Crippen molar-refractivity contribution in [3.05, 3.63) is 102 Å². The summed E-state index contributed by atoms with van der Waals surface area (Å²) in [6.07, 6.45) is 11.4. The largest absolute Gasteiger partial charge is 0.457 e.